The van der Waals surface area contributed by atoms with Gasteiger partial charge in [0.15, 0.2) is 0 Å². The highest BCUT2D eigenvalue weighted by atomic mass is 32.2. The zero-order valence-corrected chi connectivity index (χ0v) is 15.0. The van der Waals surface area contributed by atoms with E-state index >= 15 is 0 Å². The summed E-state index contributed by atoms with van der Waals surface area (Å²) in [6.45, 7) is 2.11. The molecule has 3 rings (SSSR count). The number of hydrogen-bond acceptors (Lipinski definition) is 5. The van der Waals surface area contributed by atoms with Gasteiger partial charge in [0.25, 0.3) is 0 Å². The molecule has 1 heterocycles. The first-order chi connectivity index (χ1) is 12.4. The smallest absolute Gasteiger partial charge is 0.228 e. The molecule has 3 aromatic rings. The Balaban J connectivity index is 1.55. The van der Waals surface area contributed by atoms with E-state index < -0.39 is 15.8 Å². The van der Waals surface area contributed by atoms with Gasteiger partial charge in [0.05, 0.1) is 5.75 Å². The highest BCUT2D eigenvalue weighted by Crippen LogP contribution is 2.17. The molecule has 8 heteroatoms. The quantitative estimate of drug-likeness (QED) is 0.686. The van der Waals surface area contributed by atoms with Crippen molar-refractivity contribution in [1.29, 1.82) is 0 Å². The fraction of sp³-hybridized carbons (Fsp3) is 0.222. The molecule has 136 valence electrons. The second-order valence-electron chi connectivity index (χ2n) is 5.91. The Morgan fingerprint density at radius 2 is 1.92 bits per heavy atom. The molecule has 0 fully saturated rings. The summed E-state index contributed by atoms with van der Waals surface area (Å²) in [5.41, 5.74) is 2.44. The zero-order chi connectivity index (χ0) is 18.6. The first kappa shape index (κ1) is 18.2. The number of nitrogens with zero attached hydrogens (tertiary/aromatic N) is 2. The molecule has 2 aromatic carbocycles. The van der Waals surface area contributed by atoms with E-state index in [2.05, 4.69) is 14.9 Å². The second kappa shape index (κ2) is 7.76. The SMILES string of the molecule is Cc1cccc(-c2noc(CCNS(=O)(=O)Cc3ccc(F)cc3)n2)c1. The van der Waals surface area contributed by atoms with E-state index in [9.17, 15) is 12.8 Å². The van der Waals surface area contributed by atoms with Gasteiger partial charge < -0.3 is 4.52 Å². The van der Waals surface area contributed by atoms with Crippen molar-refractivity contribution in [2.45, 2.75) is 19.1 Å². The number of hydrogen-bond donors (Lipinski definition) is 1. The lowest BCUT2D eigenvalue weighted by Gasteiger charge is -2.05. The fourth-order valence-corrected chi connectivity index (χ4v) is 3.57. The summed E-state index contributed by atoms with van der Waals surface area (Å²) in [6, 6.07) is 13.1. The third-order valence-electron chi connectivity index (χ3n) is 3.68. The van der Waals surface area contributed by atoms with Gasteiger partial charge in [0.1, 0.15) is 5.82 Å². The second-order valence-corrected chi connectivity index (χ2v) is 7.72. The molecule has 0 unspecified atom stereocenters. The standard InChI is InChI=1S/C18H18FN3O3S/c1-13-3-2-4-15(11-13)18-21-17(25-22-18)9-10-20-26(23,24)12-14-5-7-16(19)8-6-14/h2-8,11,20H,9-10,12H2,1H3. The minimum absolute atomic E-state index is 0.138. The summed E-state index contributed by atoms with van der Waals surface area (Å²) >= 11 is 0. The Morgan fingerprint density at radius 3 is 2.65 bits per heavy atom. The molecular weight excluding hydrogens is 357 g/mol. The van der Waals surface area contributed by atoms with Crippen LogP contribution in [0.4, 0.5) is 4.39 Å². The molecule has 0 atom stereocenters. The average molecular weight is 375 g/mol. The number of aromatic nitrogens is 2. The lowest BCUT2D eigenvalue weighted by molar-refractivity contribution is 0.379. The van der Waals surface area contributed by atoms with Crippen LogP contribution < -0.4 is 4.72 Å². The summed E-state index contributed by atoms with van der Waals surface area (Å²) in [5.74, 6) is 0.204. The molecule has 0 saturated carbocycles. The van der Waals surface area contributed by atoms with Crippen LogP contribution in [-0.2, 0) is 22.2 Å². The van der Waals surface area contributed by atoms with E-state index in [1.165, 1.54) is 24.3 Å². The summed E-state index contributed by atoms with van der Waals surface area (Å²) < 4.78 is 44.7. The van der Waals surface area contributed by atoms with Gasteiger partial charge in [-0.05, 0) is 30.7 Å². The van der Waals surface area contributed by atoms with Crippen molar-refractivity contribution in [1.82, 2.24) is 14.9 Å². The van der Waals surface area contributed by atoms with Crippen molar-refractivity contribution in [3.8, 4) is 11.4 Å². The Morgan fingerprint density at radius 1 is 1.15 bits per heavy atom. The molecule has 0 radical (unpaired) electrons. The van der Waals surface area contributed by atoms with Crippen molar-refractivity contribution in [2.75, 3.05) is 6.54 Å². The minimum atomic E-state index is -3.53. The Bertz CT molecular complexity index is 985. The monoisotopic (exact) mass is 375 g/mol. The number of halogens is 1. The molecule has 26 heavy (non-hydrogen) atoms. The first-order valence-corrected chi connectivity index (χ1v) is 9.68. The minimum Gasteiger partial charge on any atom is -0.339 e. The molecule has 0 saturated heterocycles. The van der Waals surface area contributed by atoms with Gasteiger partial charge in [0, 0.05) is 18.5 Å². The van der Waals surface area contributed by atoms with Gasteiger partial charge in [-0.25, -0.2) is 17.5 Å². The molecule has 0 amide bonds. The van der Waals surface area contributed by atoms with Crippen molar-refractivity contribution >= 4 is 10.0 Å². The Hall–Kier alpha value is -2.58. The van der Waals surface area contributed by atoms with Crippen molar-refractivity contribution in [2.24, 2.45) is 0 Å². The summed E-state index contributed by atoms with van der Waals surface area (Å²) in [7, 11) is -3.53. The van der Waals surface area contributed by atoms with Crippen LogP contribution in [0.25, 0.3) is 11.4 Å². The van der Waals surface area contributed by atoms with Crippen LogP contribution in [0.2, 0.25) is 0 Å². The molecule has 1 N–H and O–H groups in total. The third-order valence-corrected chi connectivity index (χ3v) is 5.03. The molecule has 0 aliphatic carbocycles. The number of rotatable bonds is 7. The largest absolute Gasteiger partial charge is 0.339 e. The van der Waals surface area contributed by atoms with E-state index in [-0.39, 0.29) is 18.7 Å². The van der Waals surface area contributed by atoms with Gasteiger partial charge in [-0.1, -0.05) is 41.1 Å². The van der Waals surface area contributed by atoms with Gasteiger partial charge in [0.2, 0.25) is 21.7 Å². The topological polar surface area (TPSA) is 85.1 Å². The lowest BCUT2D eigenvalue weighted by atomic mass is 10.1. The van der Waals surface area contributed by atoms with Crippen molar-refractivity contribution < 1.29 is 17.3 Å². The molecule has 0 aliphatic rings. The predicted octanol–water partition coefficient (Wildman–Crippen LogP) is 2.85. The number of benzene rings is 2. The predicted molar refractivity (Wildman–Crippen MR) is 95.2 cm³/mol. The van der Waals surface area contributed by atoms with Crippen LogP contribution in [0.3, 0.4) is 0 Å². The van der Waals surface area contributed by atoms with Crippen LogP contribution in [0.1, 0.15) is 17.0 Å². The van der Waals surface area contributed by atoms with E-state index in [4.69, 9.17) is 4.52 Å². The molecule has 0 spiro atoms. The molecule has 6 nitrogen and oxygen atoms in total. The lowest BCUT2D eigenvalue weighted by Crippen LogP contribution is -2.27. The highest BCUT2D eigenvalue weighted by Gasteiger charge is 2.13. The van der Waals surface area contributed by atoms with E-state index in [0.717, 1.165) is 11.1 Å². The maximum Gasteiger partial charge on any atom is 0.228 e. The normalized spacial score (nSPS) is 11.6. The van der Waals surface area contributed by atoms with E-state index in [1.54, 1.807) is 0 Å². The molecule has 0 aliphatic heterocycles. The van der Waals surface area contributed by atoms with Crippen LogP contribution in [0, 0.1) is 12.7 Å². The van der Waals surface area contributed by atoms with Crippen molar-refractivity contribution in [3.63, 3.8) is 0 Å². The number of nitrogens with one attached hydrogen (secondary N) is 1. The van der Waals surface area contributed by atoms with Crippen LogP contribution in [0.15, 0.2) is 53.1 Å². The third kappa shape index (κ3) is 4.96. The van der Waals surface area contributed by atoms with Gasteiger partial charge in [-0.2, -0.15) is 4.98 Å². The first-order valence-electron chi connectivity index (χ1n) is 8.03. The van der Waals surface area contributed by atoms with Crippen LogP contribution >= 0.6 is 0 Å². The summed E-state index contributed by atoms with van der Waals surface area (Å²) in [5, 5.41) is 3.92. The zero-order valence-electron chi connectivity index (χ0n) is 14.1. The Labute approximate surface area is 151 Å². The van der Waals surface area contributed by atoms with Gasteiger partial charge in [-0.15, -0.1) is 0 Å². The maximum atomic E-state index is 12.9. The molecule has 0 bridgehead atoms. The number of aryl methyl sites for hydroxylation is 1. The van der Waals surface area contributed by atoms with Crippen LogP contribution in [0.5, 0.6) is 0 Å². The van der Waals surface area contributed by atoms with E-state index in [0.29, 0.717) is 17.3 Å². The molecular formula is C18H18FN3O3S. The van der Waals surface area contributed by atoms with E-state index in [1.807, 2.05) is 31.2 Å². The Kier molecular flexibility index (Phi) is 5.43. The molecule has 1 aromatic heterocycles. The fourth-order valence-electron chi connectivity index (χ4n) is 2.42. The van der Waals surface area contributed by atoms with Crippen molar-refractivity contribution in [3.05, 3.63) is 71.4 Å². The van der Waals surface area contributed by atoms with Gasteiger partial charge >= 0.3 is 0 Å². The summed E-state index contributed by atoms with van der Waals surface area (Å²) in [4.78, 5) is 4.28. The average Bonchev–Trinajstić information content (AvgIpc) is 3.05. The van der Waals surface area contributed by atoms with Gasteiger partial charge in [-0.3, -0.25) is 0 Å². The summed E-state index contributed by atoms with van der Waals surface area (Å²) in [6.07, 6.45) is 0.279. The highest BCUT2D eigenvalue weighted by molar-refractivity contribution is 7.88. The number of sulfonamides is 1. The van der Waals surface area contributed by atoms with Crippen LogP contribution in [-0.4, -0.2) is 25.1 Å². The maximum absolute atomic E-state index is 12.9.